The van der Waals surface area contributed by atoms with E-state index in [9.17, 15) is 13.9 Å². The number of rotatable bonds is 5. The van der Waals surface area contributed by atoms with E-state index in [1.807, 2.05) is 24.1 Å². The van der Waals surface area contributed by atoms with Crippen molar-refractivity contribution in [3.63, 3.8) is 0 Å². The molecule has 3 aromatic rings. The van der Waals surface area contributed by atoms with Crippen LogP contribution in [0.5, 0.6) is 0 Å². The highest BCUT2D eigenvalue weighted by Gasteiger charge is 2.19. The summed E-state index contributed by atoms with van der Waals surface area (Å²) in [6.45, 7) is 0.360. The Balaban J connectivity index is 2.31. The highest BCUT2D eigenvalue weighted by molar-refractivity contribution is 5.92. The van der Waals surface area contributed by atoms with E-state index in [1.54, 1.807) is 42.5 Å². The van der Waals surface area contributed by atoms with Crippen LogP contribution in [-0.2, 0) is 0 Å². The molecule has 0 amide bonds. The van der Waals surface area contributed by atoms with Gasteiger partial charge in [0.05, 0.1) is 6.61 Å². The van der Waals surface area contributed by atoms with Gasteiger partial charge in [-0.05, 0) is 23.8 Å². The number of likely N-dealkylation sites (N-methyl/N-ethyl adjacent to an activating group) is 1. The van der Waals surface area contributed by atoms with Gasteiger partial charge in [-0.2, -0.15) is 0 Å². The smallest absolute Gasteiger partial charge is 0.131 e. The molecule has 0 spiro atoms. The molecular formula is C21H19F2NO. The second-order valence-electron chi connectivity index (χ2n) is 5.80. The lowest BCUT2D eigenvalue weighted by Gasteiger charge is -2.24. The zero-order valence-corrected chi connectivity index (χ0v) is 13.9. The molecule has 4 heteroatoms. The number of halogens is 2. The molecular weight excluding hydrogens is 320 g/mol. The van der Waals surface area contributed by atoms with Crippen LogP contribution in [-0.4, -0.2) is 25.3 Å². The predicted octanol–water partition coefficient (Wildman–Crippen LogP) is 4.73. The first-order chi connectivity index (χ1) is 12.1. The number of nitrogens with zero attached hydrogens (tertiary/aromatic N) is 1. The van der Waals surface area contributed by atoms with Crippen molar-refractivity contribution in [1.29, 1.82) is 0 Å². The maximum absolute atomic E-state index is 14.5. The summed E-state index contributed by atoms with van der Waals surface area (Å²) < 4.78 is 28.9. The second kappa shape index (κ2) is 7.45. The molecule has 3 aromatic carbocycles. The van der Waals surface area contributed by atoms with Crippen LogP contribution < -0.4 is 4.90 Å². The second-order valence-corrected chi connectivity index (χ2v) is 5.80. The van der Waals surface area contributed by atoms with Crippen LogP contribution in [0.2, 0.25) is 0 Å². The topological polar surface area (TPSA) is 23.5 Å². The lowest BCUT2D eigenvalue weighted by atomic mass is 9.92. The average Bonchev–Trinajstić information content (AvgIpc) is 2.62. The Hall–Kier alpha value is -2.72. The van der Waals surface area contributed by atoms with Gasteiger partial charge in [0.15, 0.2) is 0 Å². The van der Waals surface area contributed by atoms with Gasteiger partial charge in [0.1, 0.15) is 11.6 Å². The van der Waals surface area contributed by atoms with Gasteiger partial charge in [0.2, 0.25) is 0 Å². The van der Waals surface area contributed by atoms with Crippen molar-refractivity contribution in [3.8, 4) is 22.3 Å². The minimum Gasteiger partial charge on any atom is -0.395 e. The normalized spacial score (nSPS) is 10.7. The average molecular weight is 339 g/mol. The molecule has 0 heterocycles. The van der Waals surface area contributed by atoms with E-state index in [2.05, 4.69) is 0 Å². The molecule has 1 N–H and O–H groups in total. The lowest BCUT2D eigenvalue weighted by Crippen LogP contribution is -2.22. The number of hydrogen-bond acceptors (Lipinski definition) is 2. The maximum atomic E-state index is 14.5. The third kappa shape index (κ3) is 3.39. The van der Waals surface area contributed by atoms with E-state index in [0.717, 1.165) is 5.69 Å². The van der Waals surface area contributed by atoms with Crippen molar-refractivity contribution in [1.82, 2.24) is 0 Å². The van der Waals surface area contributed by atoms with Crippen LogP contribution in [0.1, 0.15) is 0 Å². The van der Waals surface area contributed by atoms with Crippen molar-refractivity contribution < 1.29 is 13.9 Å². The monoisotopic (exact) mass is 339 g/mol. The standard InChI is InChI=1S/C21H19F2NO/c1-24(13-14-25)20-12-6-9-16(15-7-2-4-10-18(15)22)21(20)17-8-3-5-11-19(17)23/h2-12,25H,13-14H2,1H3. The van der Waals surface area contributed by atoms with Gasteiger partial charge < -0.3 is 10.0 Å². The summed E-state index contributed by atoms with van der Waals surface area (Å²) in [7, 11) is 1.82. The summed E-state index contributed by atoms with van der Waals surface area (Å²) in [6.07, 6.45) is 0. The Morgan fingerprint density at radius 2 is 1.32 bits per heavy atom. The maximum Gasteiger partial charge on any atom is 0.131 e. The molecule has 0 unspecified atom stereocenters. The Morgan fingerprint density at radius 1 is 0.760 bits per heavy atom. The van der Waals surface area contributed by atoms with Crippen molar-refractivity contribution in [2.75, 3.05) is 25.1 Å². The summed E-state index contributed by atoms with van der Waals surface area (Å²) in [5.41, 5.74) is 2.79. The number of aliphatic hydroxyl groups is 1. The first-order valence-corrected chi connectivity index (χ1v) is 8.08. The molecule has 0 aliphatic rings. The van der Waals surface area contributed by atoms with Gasteiger partial charge in [-0.25, -0.2) is 8.78 Å². The fraction of sp³-hybridized carbons (Fsp3) is 0.143. The third-order valence-corrected chi connectivity index (χ3v) is 4.20. The summed E-state index contributed by atoms with van der Waals surface area (Å²) in [5, 5.41) is 9.27. The Bertz CT molecular complexity index is 879. The third-order valence-electron chi connectivity index (χ3n) is 4.20. The van der Waals surface area contributed by atoms with Crippen molar-refractivity contribution in [3.05, 3.63) is 78.4 Å². The van der Waals surface area contributed by atoms with Crippen molar-refractivity contribution >= 4 is 5.69 Å². The molecule has 25 heavy (non-hydrogen) atoms. The molecule has 128 valence electrons. The molecule has 0 saturated heterocycles. The van der Waals surface area contributed by atoms with Gasteiger partial charge in [-0.15, -0.1) is 0 Å². The van der Waals surface area contributed by atoms with Crippen molar-refractivity contribution in [2.24, 2.45) is 0 Å². The highest BCUT2D eigenvalue weighted by atomic mass is 19.1. The van der Waals surface area contributed by atoms with E-state index in [4.69, 9.17) is 0 Å². The molecule has 0 bridgehead atoms. The van der Waals surface area contributed by atoms with E-state index in [1.165, 1.54) is 12.1 Å². The van der Waals surface area contributed by atoms with Crippen LogP contribution in [0.15, 0.2) is 66.7 Å². The SMILES string of the molecule is CN(CCO)c1cccc(-c2ccccc2F)c1-c1ccccc1F. The van der Waals surface area contributed by atoms with E-state index < -0.39 is 0 Å². The lowest BCUT2D eigenvalue weighted by molar-refractivity contribution is 0.304. The highest BCUT2D eigenvalue weighted by Crippen LogP contribution is 2.41. The minimum atomic E-state index is -0.370. The van der Waals surface area contributed by atoms with Gasteiger partial charge in [0, 0.05) is 36.0 Å². The van der Waals surface area contributed by atoms with Crippen LogP contribution in [0.3, 0.4) is 0 Å². The zero-order valence-electron chi connectivity index (χ0n) is 13.9. The Labute approximate surface area is 146 Å². The van der Waals surface area contributed by atoms with E-state index >= 15 is 0 Å². The molecule has 0 fully saturated rings. The largest absolute Gasteiger partial charge is 0.395 e. The number of hydrogen-bond donors (Lipinski definition) is 1. The van der Waals surface area contributed by atoms with Crippen LogP contribution >= 0.6 is 0 Å². The fourth-order valence-corrected chi connectivity index (χ4v) is 2.98. The van der Waals surface area contributed by atoms with Crippen LogP contribution in [0.4, 0.5) is 14.5 Å². The Kier molecular flexibility index (Phi) is 5.10. The molecule has 3 rings (SSSR count). The summed E-state index contributed by atoms with van der Waals surface area (Å²) in [6, 6.07) is 18.4. The summed E-state index contributed by atoms with van der Waals surface area (Å²) in [4.78, 5) is 1.84. The summed E-state index contributed by atoms with van der Waals surface area (Å²) in [5.74, 6) is -0.730. The molecule has 0 aliphatic heterocycles. The first-order valence-electron chi connectivity index (χ1n) is 8.08. The van der Waals surface area contributed by atoms with E-state index in [-0.39, 0.29) is 18.2 Å². The molecule has 0 aromatic heterocycles. The van der Waals surface area contributed by atoms with Gasteiger partial charge in [-0.1, -0.05) is 48.5 Å². The molecule has 0 radical (unpaired) electrons. The number of anilines is 1. The molecule has 0 aliphatic carbocycles. The predicted molar refractivity (Wildman–Crippen MR) is 97.6 cm³/mol. The number of aliphatic hydroxyl groups excluding tert-OH is 1. The van der Waals surface area contributed by atoms with Crippen LogP contribution in [0.25, 0.3) is 22.3 Å². The van der Waals surface area contributed by atoms with E-state index in [0.29, 0.717) is 28.8 Å². The summed E-state index contributed by atoms with van der Waals surface area (Å²) >= 11 is 0. The first kappa shape index (κ1) is 17.1. The molecule has 0 atom stereocenters. The number of benzene rings is 3. The van der Waals surface area contributed by atoms with Gasteiger partial charge >= 0.3 is 0 Å². The molecule has 2 nitrogen and oxygen atoms in total. The minimum absolute atomic E-state index is 0.0306. The van der Waals surface area contributed by atoms with Crippen LogP contribution in [0, 0.1) is 11.6 Å². The zero-order chi connectivity index (χ0) is 17.8. The fourth-order valence-electron chi connectivity index (χ4n) is 2.98. The van der Waals surface area contributed by atoms with Gasteiger partial charge in [0.25, 0.3) is 0 Å². The van der Waals surface area contributed by atoms with Gasteiger partial charge in [-0.3, -0.25) is 0 Å². The molecule has 0 saturated carbocycles. The van der Waals surface area contributed by atoms with Crippen molar-refractivity contribution in [2.45, 2.75) is 0 Å². The Morgan fingerprint density at radius 3 is 1.92 bits per heavy atom. The quantitative estimate of drug-likeness (QED) is 0.726.